The van der Waals surface area contributed by atoms with Gasteiger partial charge in [0, 0.05) is 0 Å². The third-order valence-corrected chi connectivity index (χ3v) is 1.37. The van der Waals surface area contributed by atoms with E-state index in [4.69, 9.17) is 25.3 Å². The molecule has 0 atom stereocenters. The predicted octanol–water partition coefficient (Wildman–Crippen LogP) is 1.50. The summed E-state index contributed by atoms with van der Waals surface area (Å²) in [5, 5.41) is 0. The summed E-state index contributed by atoms with van der Waals surface area (Å²) in [6, 6.07) is 7.32. The summed E-state index contributed by atoms with van der Waals surface area (Å²) in [7, 11) is 0. The third kappa shape index (κ3) is 1.32. The second kappa shape index (κ2) is 2.29. The first-order chi connectivity index (χ1) is 3.79. The van der Waals surface area contributed by atoms with E-state index in [9.17, 15) is 0 Å². The molecule has 0 amide bonds. The van der Waals surface area contributed by atoms with Crippen LogP contribution < -0.4 is 0 Å². The van der Waals surface area contributed by atoms with Gasteiger partial charge in [-0.15, -0.1) is 0 Å². The maximum absolute atomic E-state index is 4.83. The van der Waals surface area contributed by atoms with Gasteiger partial charge in [-0.05, 0) is 0 Å². The number of hydrogen-bond donors (Lipinski definition) is 0. The van der Waals surface area contributed by atoms with Crippen molar-refractivity contribution in [3.05, 3.63) is 24.3 Å². The molecule has 0 bridgehead atoms. The van der Waals surface area contributed by atoms with Crippen molar-refractivity contribution in [2.24, 2.45) is 0 Å². The fraction of sp³-hybridized carbons (Fsp3) is 0. The summed E-state index contributed by atoms with van der Waals surface area (Å²) < 4.78 is 0. The van der Waals surface area contributed by atoms with Crippen LogP contribution in [0.5, 0.6) is 0 Å². The Bertz CT molecular complexity index is 145. The largest absolute Gasteiger partial charge is 0.780 e. The minimum atomic E-state index is 0.846. The Labute approximate surface area is 59.7 Å². The Balaban J connectivity index is 3.03. The second-order valence-electron chi connectivity index (χ2n) is 1.47. The molecule has 0 saturated carbocycles. The Morgan fingerprint density at radius 2 is 1.00 bits per heavy atom. The van der Waals surface area contributed by atoms with Crippen molar-refractivity contribution in [1.82, 2.24) is 0 Å². The van der Waals surface area contributed by atoms with Crippen LogP contribution in [0.4, 0.5) is 0 Å². The summed E-state index contributed by atoms with van der Waals surface area (Å²) in [5.41, 5.74) is 0. The number of benzene rings is 1. The first kappa shape index (κ1) is 5.79. The molecule has 0 radical (unpaired) electrons. The van der Waals surface area contributed by atoms with Gasteiger partial charge >= 0.3 is 0 Å². The van der Waals surface area contributed by atoms with Crippen LogP contribution in [-0.4, -0.2) is 0 Å². The summed E-state index contributed by atoms with van der Waals surface area (Å²) in [6.07, 6.45) is 0. The van der Waals surface area contributed by atoms with E-state index in [0.29, 0.717) is 0 Å². The van der Waals surface area contributed by atoms with Crippen LogP contribution in [0.25, 0.3) is 0 Å². The van der Waals surface area contributed by atoms with Gasteiger partial charge in [0.15, 0.2) is 0 Å². The van der Waals surface area contributed by atoms with Gasteiger partial charge in [-0.25, -0.2) is 0 Å². The average molecular weight is 140 g/mol. The molecule has 0 spiro atoms. The van der Waals surface area contributed by atoms with Gasteiger partial charge in [-0.1, -0.05) is 24.3 Å². The van der Waals surface area contributed by atoms with E-state index in [1.165, 1.54) is 0 Å². The quantitative estimate of drug-likeness (QED) is 0.501. The van der Waals surface area contributed by atoms with Crippen molar-refractivity contribution < 1.29 is 0 Å². The lowest BCUT2D eigenvalue weighted by Crippen LogP contribution is -1.69. The van der Waals surface area contributed by atoms with Gasteiger partial charge in [0.25, 0.3) is 0 Å². The second-order valence-corrected chi connectivity index (χ2v) is 2.41. The van der Waals surface area contributed by atoms with Crippen LogP contribution in [-0.2, 0) is 25.3 Å². The molecule has 1 aromatic rings. The van der Waals surface area contributed by atoms with Gasteiger partial charge < -0.3 is 25.3 Å². The van der Waals surface area contributed by atoms with Crippen molar-refractivity contribution in [1.29, 1.82) is 0 Å². The van der Waals surface area contributed by atoms with E-state index in [1.807, 2.05) is 24.3 Å². The zero-order valence-corrected chi connectivity index (χ0v) is 5.76. The Morgan fingerprint density at radius 1 is 0.750 bits per heavy atom. The zero-order valence-electron chi connectivity index (χ0n) is 4.13. The lowest BCUT2D eigenvalue weighted by atomic mass is 10.4. The Kier molecular flexibility index (Phi) is 1.65. The molecule has 0 aliphatic heterocycles. The Hall–Kier alpha value is -0.340. The van der Waals surface area contributed by atoms with Crippen LogP contribution in [0.15, 0.2) is 34.1 Å². The monoisotopic (exact) mass is 140 g/mol. The predicted molar refractivity (Wildman–Crippen MR) is 37.7 cm³/mol. The zero-order chi connectivity index (χ0) is 5.98. The molecule has 2 heteroatoms. The van der Waals surface area contributed by atoms with Gasteiger partial charge in [0.05, 0.1) is 0 Å². The maximum atomic E-state index is 4.83. The SMILES string of the molecule is [S-]c1ccc([S-])cc1. The molecule has 0 nitrogen and oxygen atoms in total. The van der Waals surface area contributed by atoms with Crippen LogP contribution in [0, 0.1) is 0 Å². The first-order valence-corrected chi connectivity index (χ1v) is 3.05. The van der Waals surface area contributed by atoms with Crippen molar-refractivity contribution in [2.45, 2.75) is 9.79 Å². The molecule has 1 rings (SSSR count). The molecule has 0 aliphatic carbocycles. The van der Waals surface area contributed by atoms with E-state index in [2.05, 4.69) is 0 Å². The highest BCUT2D eigenvalue weighted by Gasteiger charge is 1.67. The molecular weight excluding hydrogens is 136 g/mol. The smallest absolute Gasteiger partial charge is 0.0830 e. The number of hydrogen-bond acceptors (Lipinski definition) is 2. The minimum Gasteiger partial charge on any atom is -0.780 e. The van der Waals surface area contributed by atoms with Gasteiger partial charge in [-0.3, -0.25) is 0 Å². The van der Waals surface area contributed by atoms with Crippen LogP contribution >= 0.6 is 0 Å². The first-order valence-electron chi connectivity index (χ1n) is 2.23. The molecule has 0 fully saturated rings. The van der Waals surface area contributed by atoms with Gasteiger partial charge in [0.2, 0.25) is 0 Å². The molecule has 8 heavy (non-hydrogen) atoms. The fourth-order valence-electron chi connectivity index (χ4n) is 0.440. The standard InChI is InChI=1S/C6H6S2/c7-5-1-2-6(8)4-3-5/h1-4,7-8H/p-2. The molecule has 0 N–H and O–H groups in total. The lowest BCUT2D eigenvalue weighted by molar-refractivity contribution is 1.37. The summed E-state index contributed by atoms with van der Waals surface area (Å²) in [5.74, 6) is 0. The highest BCUT2D eigenvalue weighted by molar-refractivity contribution is 7.59. The summed E-state index contributed by atoms with van der Waals surface area (Å²) >= 11 is 9.65. The van der Waals surface area contributed by atoms with Crippen molar-refractivity contribution in [2.75, 3.05) is 0 Å². The normalized spacial score (nSPS) is 9.00. The molecule has 0 unspecified atom stereocenters. The van der Waals surface area contributed by atoms with E-state index in [1.54, 1.807) is 0 Å². The molecule has 0 aliphatic rings. The van der Waals surface area contributed by atoms with Crippen LogP contribution in [0.3, 0.4) is 0 Å². The topological polar surface area (TPSA) is 0 Å². The van der Waals surface area contributed by atoms with Crippen LogP contribution in [0.1, 0.15) is 0 Å². The molecule has 0 aromatic heterocycles. The van der Waals surface area contributed by atoms with Gasteiger partial charge in [0.1, 0.15) is 0 Å². The summed E-state index contributed by atoms with van der Waals surface area (Å²) in [6.45, 7) is 0. The van der Waals surface area contributed by atoms with E-state index >= 15 is 0 Å². The lowest BCUT2D eigenvalue weighted by Gasteiger charge is -2.08. The van der Waals surface area contributed by atoms with Gasteiger partial charge in [-0.2, -0.15) is 9.79 Å². The van der Waals surface area contributed by atoms with Crippen molar-refractivity contribution in [3.63, 3.8) is 0 Å². The third-order valence-electron chi connectivity index (χ3n) is 0.824. The molecule has 0 saturated heterocycles. The minimum absolute atomic E-state index is 0.846. The molecule has 0 heterocycles. The fourth-order valence-corrected chi connectivity index (χ4v) is 0.712. The molecule has 1 aromatic carbocycles. The highest BCUT2D eigenvalue weighted by atomic mass is 32.1. The van der Waals surface area contributed by atoms with Crippen LogP contribution in [0.2, 0.25) is 0 Å². The number of rotatable bonds is 0. The molecule has 42 valence electrons. The maximum Gasteiger partial charge on any atom is -0.0830 e. The summed E-state index contributed by atoms with van der Waals surface area (Å²) in [4.78, 5) is 1.69. The molecular formula is C6H4S2-2. The highest BCUT2D eigenvalue weighted by Crippen LogP contribution is 2.00. The Morgan fingerprint density at radius 3 is 1.25 bits per heavy atom. The van der Waals surface area contributed by atoms with E-state index < -0.39 is 0 Å². The van der Waals surface area contributed by atoms with E-state index in [-0.39, 0.29) is 0 Å². The van der Waals surface area contributed by atoms with Crippen molar-refractivity contribution in [3.8, 4) is 0 Å². The van der Waals surface area contributed by atoms with Crippen molar-refractivity contribution >= 4 is 25.3 Å². The van der Waals surface area contributed by atoms with E-state index in [0.717, 1.165) is 9.79 Å². The average Bonchev–Trinajstić information content (AvgIpc) is 1.77.